The van der Waals surface area contributed by atoms with Crippen molar-refractivity contribution in [1.82, 2.24) is 5.32 Å². The molecule has 0 bridgehead atoms. The number of carbonyl (C=O) groups is 1. The molecular weight excluding hydrogens is 248 g/mol. The number of nitrogens with two attached hydrogens (primary N) is 1. The molecule has 1 fully saturated rings. The van der Waals surface area contributed by atoms with Gasteiger partial charge in [-0.3, -0.25) is 4.79 Å². The van der Waals surface area contributed by atoms with E-state index in [1.807, 2.05) is 25.1 Å². The minimum absolute atomic E-state index is 0.0155. The van der Waals surface area contributed by atoms with E-state index >= 15 is 0 Å². The molecule has 0 aliphatic heterocycles. The summed E-state index contributed by atoms with van der Waals surface area (Å²) in [6.07, 6.45) is 5.87. The van der Waals surface area contributed by atoms with E-state index in [0.717, 1.165) is 24.0 Å². The van der Waals surface area contributed by atoms with Crippen molar-refractivity contribution in [2.24, 2.45) is 5.73 Å². The van der Waals surface area contributed by atoms with E-state index in [9.17, 15) is 4.79 Å². The summed E-state index contributed by atoms with van der Waals surface area (Å²) in [5, 5.41) is 3.13. The van der Waals surface area contributed by atoms with Crippen LogP contribution in [-0.2, 0) is 0 Å². The molecule has 0 atom stereocenters. The third kappa shape index (κ3) is 3.85. The van der Waals surface area contributed by atoms with Gasteiger partial charge in [-0.2, -0.15) is 0 Å². The third-order valence-electron chi connectivity index (χ3n) is 3.69. The zero-order valence-corrected chi connectivity index (χ0v) is 12.0. The second-order valence-electron chi connectivity index (χ2n) is 5.36. The minimum Gasteiger partial charge on any atom is -0.349 e. The van der Waals surface area contributed by atoms with Crippen molar-refractivity contribution in [2.45, 2.75) is 45.1 Å². The number of carbonyl (C=O) groups excluding carboxylic acids is 1. The highest BCUT2D eigenvalue weighted by atomic mass is 16.1. The Bertz CT molecular complexity index is 534. The molecule has 1 saturated carbocycles. The first kappa shape index (κ1) is 14.6. The van der Waals surface area contributed by atoms with Crippen LogP contribution in [0.4, 0.5) is 0 Å². The van der Waals surface area contributed by atoms with Crippen molar-refractivity contribution in [3.63, 3.8) is 0 Å². The Labute approximate surface area is 120 Å². The van der Waals surface area contributed by atoms with Crippen molar-refractivity contribution in [1.29, 1.82) is 0 Å². The summed E-state index contributed by atoms with van der Waals surface area (Å²) in [6, 6.07) is 6.06. The van der Waals surface area contributed by atoms with Crippen molar-refractivity contribution in [2.75, 3.05) is 6.54 Å². The van der Waals surface area contributed by atoms with Gasteiger partial charge in [0.2, 0.25) is 0 Å². The van der Waals surface area contributed by atoms with Gasteiger partial charge in [-0.15, -0.1) is 0 Å². The summed E-state index contributed by atoms with van der Waals surface area (Å²) in [6.45, 7) is 2.30. The van der Waals surface area contributed by atoms with Gasteiger partial charge in [-0.1, -0.05) is 37.2 Å². The first-order valence-electron chi connectivity index (χ1n) is 7.31. The predicted octanol–water partition coefficient (Wildman–Crippen LogP) is 2.37. The summed E-state index contributed by atoms with van der Waals surface area (Å²) in [5.74, 6) is 5.81. The number of hydrogen-bond acceptors (Lipinski definition) is 2. The highest BCUT2D eigenvalue weighted by Gasteiger charge is 2.18. The average Bonchev–Trinajstić information content (AvgIpc) is 2.46. The van der Waals surface area contributed by atoms with Gasteiger partial charge in [0.25, 0.3) is 5.91 Å². The largest absolute Gasteiger partial charge is 0.349 e. The van der Waals surface area contributed by atoms with Gasteiger partial charge >= 0.3 is 0 Å². The normalized spacial score (nSPS) is 15.3. The second kappa shape index (κ2) is 7.12. The molecule has 3 N–H and O–H groups in total. The highest BCUT2D eigenvalue weighted by molar-refractivity contribution is 5.97. The maximum Gasteiger partial charge on any atom is 0.252 e. The molecule has 0 spiro atoms. The van der Waals surface area contributed by atoms with E-state index in [0.29, 0.717) is 18.2 Å². The lowest BCUT2D eigenvalue weighted by Gasteiger charge is -2.23. The first-order chi connectivity index (χ1) is 9.70. The van der Waals surface area contributed by atoms with Gasteiger partial charge in [-0.05, 0) is 37.5 Å². The van der Waals surface area contributed by atoms with Gasteiger partial charge < -0.3 is 11.1 Å². The van der Waals surface area contributed by atoms with E-state index < -0.39 is 0 Å². The number of nitrogens with one attached hydrogen (secondary N) is 1. The third-order valence-corrected chi connectivity index (χ3v) is 3.69. The number of aryl methyl sites for hydroxylation is 1. The molecule has 1 amide bonds. The van der Waals surface area contributed by atoms with Crippen molar-refractivity contribution in [3.8, 4) is 11.8 Å². The fourth-order valence-corrected chi connectivity index (χ4v) is 2.62. The Hall–Kier alpha value is -1.79. The molecule has 0 saturated heterocycles. The summed E-state index contributed by atoms with van der Waals surface area (Å²) >= 11 is 0. The van der Waals surface area contributed by atoms with Crippen LogP contribution in [0.5, 0.6) is 0 Å². The standard InChI is InChI=1S/C17H22N2O/c1-13-9-10-16(14(12-13)6-5-11-18)17(20)19-15-7-3-2-4-8-15/h9-10,12,15H,2-4,7-8,11,18H2,1H3,(H,19,20). The summed E-state index contributed by atoms with van der Waals surface area (Å²) in [7, 11) is 0. The van der Waals surface area contributed by atoms with E-state index in [1.54, 1.807) is 0 Å². The maximum atomic E-state index is 12.4. The van der Waals surface area contributed by atoms with E-state index in [1.165, 1.54) is 19.3 Å². The molecule has 0 heterocycles. The zero-order valence-electron chi connectivity index (χ0n) is 12.0. The van der Waals surface area contributed by atoms with Crippen molar-refractivity contribution in [3.05, 3.63) is 34.9 Å². The lowest BCUT2D eigenvalue weighted by atomic mass is 9.95. The molecule has 0 radical (unpaired) electrons. The maximum absolute atomic E-state index is 12.4. The zero-order chi connectivity index (χ0) is 14.4. The van der Waals surface area contributed by atoms with E-state index in [-0.39, 0.29) is 5.91 Å². The molecule has 0 aromatic heterocycles. The Balaban J connectivity index is 2.15. The minimum atomic E-state index is -0.0155. The molecule has 106 valence electrons. The number of amides is 1. The van der Waals surface area contributed by atoms with Gasteiger partial charge in [0.15, 0.2) is 0 Å². The summed E-state index contributed by atoms with van der Waals surface area (Å²) in [4.78, 5) is 12.4. The molecule has 1 aromatic carbocycles. The Morgan fingerprint density at radius 2 is 2.10 bits per heavy atom. The number of benzene rings is 1. The van der Waals surface area contributed by atoms with Crippen LogP contribution in [0.3, 0.4) is 0 Å². The van der Waals surface area contributed by atoms with Gasteiger partial charge in [0, 0.05) is 11.6 Å². The van der Waals surface area contributed by atoms with Crippen LogP contribution in [0.25, 0.3) is 0 Å². The Morgan fingerprint density at radius 1 is 1.35 bits per heavy atom. The lowest BCUT2D eigenvalue weighted by Crippen LogP contribution is -2.36. The second-order valence-corrected chi connectivity index (χ2v) is 5.36. The van der Waals surface area contributed by atoms with Crippen LogP contribution >= 0.6 is 0 Å². The van der Waals surface area contributed by atoms with Crippen LogP contribution in [0, 0.1) is 18.8 Å². The first-order valence-corrected chi connectivity index (χ1v) is 7.31. The predicted molar refractivity (Wildman–Crippen MR) is 81.5 cm³/mol. The van der Waals surface area contributed by atoms with Crippen LogP contribution in [0.15, 0.2) is 18.2 Å². The summed E-state index contributed by atoms with van der Waals surface area (Å²) in [5.41, 5.74) is 7.94. The molecule has 1 aliphatic carbocycles. The molecule has 0 unspecified atom stereocenters. The quantitative estimate of drug-likeness (QED) is 0.811. The van der Waals surface area contributed by atoms with Crippen molar-refractivity contribution < 1.29 is 4.79 Å². The van der Waals surface area contributed by atoms with Crippen LogP contribution in [0.2, 0.25) is 0 Å². The molecular formula is C17H22N2O. The van der Waals surface area contributed by atoms with Gasteiger partial charge in [0.05, 0.1) is 12.1 Å². The molecule has 1 aromatic rings. The van der Waals surface area contributed by atoms with E-state index in [4.69, 9.17) is 5.73 Å². The summed E-state index contributed by atoms with van der Waals surface area (Å²) < 4.78 is 0. The highest BCUT2D eigenvalue weighted by Crippen LogP contribution is 2.18. The number of hydrogen-bond donors (Lipinski definition) is 2. The fourth-order valence-electron chi connectivity index (χ4n) is 2.62. The van der Waals surface area contributed by atoms with Gasteiger partial charge in [-0.25, -0.2) is 0 Å². The molecule has 3 nitrogen and oxygen atoms in total. The van der Waals surface area contributed by atoms with Gasteiger partial charge in [0.1, 0.15) is 0 Å². The molecule has 20 heavy (non-hydrogen) atoms. The van der Waals surface area contributed by atoms with Crippen LogP contribution in [0.1, 0.15) is 53.6 Å². The van der Waals surface area contributed by atoms with Crippen LogP contribution in [-0.4, -0.2) is 18.5 Å². The molecule has 1 aliphatic rings. The Morgan fingerprint density at radius 3 is 2.80 bits per heavy atom. The van der Waals surface area contributed by atoms with E-state index in [2.05, 4.69) is 17.2 Å². The topological polar surface area (TPSA) is 55.1 Å². The number of rotatable bonds is 2. The van der Waals surface area contributed by atoms with Crippen LogP contribution < -0.4 is 11.1 Å². The smallest absolute Gasteiger partial charge is 0.252 e. The monoisotopic (exact) mass is 270 g/mol. The molecule has 2 rings (SSSR count). The molecule has 3 heteroatoms. The average molecular weight is 270 g/mol. The van der Waals surface area contributed by atoms with Crippen molar-refractivity contribution >= 4 is 5.91 Å². The SMILES string of the molecule is Cc1ccc(C(=O)NC2CCCCC2)c(C#CCN)c1. The Kier molecular flexibility index (Phi) is 5.20. The fraction of sp³-hybridized carbons (Fsp3) is 0.471. The lowest BCUT2D eigenvalue weighted by molar-refractivity contribution is 0.0927.